The normalized spacial score (nSPS) is 24.1. The maximum absolute atomic E-state index is 12.7. The topological polar surface area (TPSA) is 64.4 Å². The molecule has 4 rings (SSSR count). The van der Waals surface area contributed by atoms with Crippen molar-refractivity contribution < 1.29 is 9.53 Å². The van der Waals surface area contributed by atoms with Crippen molar-refractivity contribution >= 4 is 17.5 Å². The van der Waals surface area contributed by atoms with Crippen molar-refractivity contribution in [1.82, 2.24) is 14.7 Å². The number of amides is 1. The molecule has 2 aliphatic rings. The summed E-state index contributed by atoms with van der Waals surface area (Å²) in [5, 5.41) is 4.84. The van der Waals surface area contributed by atoms with Crippen molar-refractivity contribution in [3.05, 3.63) is 57.5 Å². The Morgan fingerprint density at radius 1 is 1.19 bits per heavy atom. The van der Waals surface area contributed by atoms with E-state index in [4.69, 9.17) is 16.3 Å². The first-order valence-electron chi connectivity index (χ1n) is 9.24. The highest BCUT2D eigenvalue weighted by Gasteiger charge is 2.45. The van der Waals surface area contributed by atoms with Gasteiger partial charge in [0.1, 0.15) is 18.4 Å². The monoisotopic (exact) mass is 387 g/mol. The van der Waals surface area contributed by atoms with E-state index in [9.17, 15) is 9.59 Å². The number of benzene rings is 1. The van der Waals surface area contributed by atoms with Crippen molar-refractivity contribution in [3.63, 3.8) is 0 Å². The lowest BCUT2D eigenvalue weighted by Crippen LogP contribution is -2.37. The zero-order chi connectivity index (χ0) is 19.0. The van der Waals surface area contributed by atoms with Crippen LogP contribution in [0, 0.1) is 18.8 Å². The van der Waals surface area contributed by atoms with E-state index in [1.165, 1.54) is 10.7 Å². The van der Waals surface area contributed by atoms with Crippen LogP contribution in [0.15, 0.2) is 41.2 Å². The number of aromatic nitrogens is 2. The molecule has 1 aromatic heterocycles. The van der Waals surface area contributed by atoms with Gasteiger partial charge in [-0.25, -0.2) is 4.68 Å². The molecule has 1 amide bonds. The molecule has 0 unspecified atom stereocenters. The fraction of sp³-hybridized carbons (Fsp3) is 0.450. The average molecular weight is 388 g/mol. The van der Waals surface area contributed by atoms with Gasteiger partial charge in [0.2, 0.25) is 5.91 Å². The Balaban J connectivity index is 1.40. The van der Waals surface area contributed by atoms with Crippen LogP contribution in [0.5, 0.6) is 5.75 Å². The summed E-state index contributed by atoms with van der Waals surface area (Å²) in [6.07, 6.45) is 2.16. The average Bonchev–Trinajstić information content (AvgIpc) is 3.22. The molecular weight excluding hydrogens is 366 g/mol. The van der Waals surface area contributed by atoms with Crippen molar-refractivity contribution in [2.75, 3.05) is 13.1 Å². The molecule has 0 bridgehead atoms. The van der Waals surface area contributed by atoms with Crippen LogP contribution in [-0.4, -0.2) is 39.8 Å². The number of fused-ring (bicyclic) bond motifs is 1. The van der Waals surface area contributed by atoms with Gasteiger partial charge in [-0.1, -0.05) is 11.6 Å². The van der Waals surface area contributed by atoms with Crippen LogP contribution in [-0.2, 0) is 11.3 Å². The molecular formula is C20H22ClN3O3. The third-order valence-electron chi connectivity index (χ3n) is 5.53. The lowest BCUT2D eigenvalue weighted by molar-refractivity contribution is -0.131. The number of rotatable bonds is 4. The maximum atomic E-state index is 12.7. The summed E-state index contributed by atoms with van der Waals surface area (Å²) in [5.41, 5.74) is 0.467. The predicted molar refractivity (Wildman–Crippen MR) is 102 cm³/mol. The molecule has 2 heterocycles. The molecule has 142 valence electrons. The van der Waals surface area contributed by atoms with Gasteiger partial charge in [-0.05, 0) is 56.0 Å². The van der Waals surface area contributed by atoms with Crippen LogP contribution in [0.1, 0.15) is 18.5 Å². The SMILES string of the molecule is Cc1ccc(=O)n(CC(=O)N2C[C@@H]3CC[C@H](Oc4ccc(Cl)cc4)[C@@H]3C2)n1. The van der Waals surface area contributed by atoms with Crippen molar-refractivity contribution in [2.24, 2.45) is 11.8 Å². The first kappa shape index (κ1) is 18.0. The molecule has 1 aliphatic heterocycles. The Morgan fingerprint density at radius 3 is 2.74 bits per heavy atom. The lowest BCUT2D eigenvalue weighted by Gasteiger charge is -2.22. The van der Waals surface area contributed by atoms with E-state index in [1.807, 2.05) is 29.2 Å². The van der Waals surface area contributed by atoms with E-state index in [-0.39, 0.29) is 24.1 Å². The van der Waals surface area contributed by atoms with Crippen molar-refractivity contribution in [3.8, 4) is 5.75 Å². The molecule has 7 heteroatoms. The summed E-state index contributed by atoms with van der Waals surface area (Å²) in [7, 11) is 0. The predicted octanol–water partition coefficient (Wildman–Crippen LogP) is 2.52. The number of carbonyl (C=O) groups excluding carboxylic acids is 1. The first-order chi connectivity index (χ1) is 13.0. The highest BCUT2D eigenvalue weighted by molar-refractivity contribution is 6.30. The van der Waals surface area contributed by atoms with E-state index in [1.54, 1.807) is 13.0 Å². The number of hydrogen-bond donors (Lipinski definition) is 0. The number of halogens is 1. The standard InChI is InChI=1S/C20H22ClN3O3/c1-13-2-9-19(25)24(22-13)12-20(26)23-10-14-3-8-18(17(14)11-23)27-16-6-4-15(21)5-7-16/h2,4-7,9,14,17-18H,3,8,10-12H2,1H3/t14-,17+,18-/m0/s1. The molecule has 1 aromatic carbocycles. The quantitative estimate of drug-likeness (QED) is 0.808. The molecule has 0 radical (unpaired) electrons. The van der Waals surface area contributed by atoms with Crippen LogP contribution >= 0.6 is 11.6 Å². The number of ether oxygens (including phenoxy) is 1. The Labute approximate surface area is 162 Å². The molecule has 27 heavy (non-hydrogen) atoms. The number of aryl methyl sites for hydroxylation is 1. The van der Waals surface area contributed by atoms with E-state index in [0.29, 0.717) is 23.4 Å². The van der Waals surface area contributed by atoms with Gasteiger partial charge >= 0.3 is 0 Å². The van der Waals surface area contributed by atoms with Gasteiger partial charge < -0.3 is 9.64 Å². The third-order valence-corrected chi connectivity index (χ3v) is 5.78. The van der Waals surface area contributed by atoms with Crippen LogP contribution in [0.3, 0.4) is 0 Å². The van der Waals surface area contributed by atoms with Crippen LogP contribution < -0.4 is 10.3 Å². The van der Waals surface area contributed by atoms with E-state index in [0.717, 1.165) is 30.8 Å². The van der Waals surface area contributed by atoms with Crippen LogP contribution in [0.4, 0.5) is 0 Å². The first-order valence-corrected chi connectivity index (χ1v) is 9.62. The number of hydrogen-bond acceptors (Lipinski definition) is 4. The second-order valence-corrected chi connectivity index (χ2v) is 7.82. The van der Waals surface area contributed by atoms with Crippen molar-refractivity contribution in [2.45, 2.75) is 32.4 Å². The van der Waals surface area contributed by atoms with Gasteiger partial charge in [-0.15, -0.1) is 0 Å². The zero-order valence-electron chi connectivity index (χ0n) is 15.2. The molecule has 0 N–H and O–H groups in total. The van der Waals surface area contributed by atoms with E-state index >= 15 is 0 Å². The van der Waals surface area contributed by atoms with E-state index in [2.05, 4.69) is 5.10 Å². The van der Waals surface area contributed by atoms with Crippen LogP contribution in [0.25, 0.3) is 0 Å². The Hall–Kier alpha value is -2.34. The minimum absolute atomic E-state index is 0.0112. The highest BCUT2D eigenvalue weighted by Crippen LogP contribution is 2.40. The molecule has 1 saturated carbocycles. The van der Waals surface area contributed by atoms with Gasteiger partial charge in [0.25, 0.3) is 5.56 Å². The van der Waals surface area contributed by atoms with Gasteiger partial charge in [-0.2, -0.15) is 5.10 Å². The Kier molecular flexibility index (Phi) is 4.91. The number of nitrogens with zero attached hydrogens (tertiary/aromatic N) is 3. The summed E-state index contributed by atoms with van der Waals surface area (Å²) < 4.78 is 7.40. The van der Waals surface area contributed by atoms with Gasteiger partial charge in [-0.3, -0.25) is 9.59 Å². The van der Waals surface area contributed by atoms with E-state index < -0.39 is 0 Å². The second kappa shape index (κ2) is 7.35. The largest absolute Gasteiger partial charge is 0.490 e. The molecule has 6 nitrogen and oxygen atoms in total. The zero-order valence-corrected chi connectivity index (χ0v) is 15.9. The molecule has 0 spiro atoms. The Morgan fingerprint density at radius 2 is 1.96 bits per heavy atom. The molecule has 1 aliphatic carbocycles. The minimum Gasteiger partial charge on any atom is -0.490 e. The molecule has 3 atom stereocenters. The molecule has 1 saturated heterocycles. The second-order valence-electron chi connectivity index (χ2n) is 7.38. The molecule has 2 aromatic rings. The van der Waals surface area contributed by atoms with Crippen LogP contribution in [0.2, 0.25) is 5.02 Å². The van der Waals surface area contributed by atoms with Gasteiger partial charge in [0.15, 0.2) is 0 Å². The third kappa shape index (κ3) is 3.86. The summed E-state index contributed by atoms with van der Waals surface area (Å²) >= 11 is 5.93. The number of likely N-dealkylation sites (tertiary alicyclic amines) is 1. The summed E-state index contributed by atoms with van der Waals surface area (Å²) in [6.45, 7) is 3.19. The van der Waals surface area contributed by atoms with Gasteiger partial charge in [0.05, 0.1) is 5.69 Å². The summed E-state index contributed by atoms with van der Waals surface area (Å²) in [6, 6.07) is 10.5. The maximum Gasteiger partial charge on any atom is 0.267 e. The van der Waals surface area contributed by atoms with Gasteiger partial charge in [0, 0.05) is 30.1 Å². The fourth-order valence-corrected chi connectivity index (χ4v) is 4.27. The summed E-state index contributed by atoms with van der Waals surface area (Å²) in [4.78, 5) is 26.4. The lowest BCUT2D eigenvalue weighted by atomic mass is 9.99. The summed E-state index contributed by atoms with van der Waals surface area (Å²) in [5.74, 6) is 1.53. The molecule has 2 fully saturated rings. The van der Waals surface area contributed by atoms with Crippen molar-refractivity contribution in [1.29, 1.82) is 0 Å². The smallest absolute Gasteiger partial charge is 0.267 e. The Bertz CT molecular complexity index is 896. The fourth-order valence-electron chi connectivity index (χ4n) is 4.15. The minimum atomic E-state index is -0.253. The number of carbonyl (C=O) groups is 1. The highest BCUT2D eigenvalue weighted by atomic mass is 35.5.